The molecule has 0 unspecified atom stereocenters. The van der Waals surface area contributed by atoms with Crippen molar-refractivity contribution in [2.45, 2.75) is 19.3 Å². The summed E-state index contributed by atoms with van der Waals surface area (Å²) in [6.45, 7) is 4.13. The fraction of sp³-hybridized carbons (Fsp3) is 0.500. The van der Waals surface area contributed by atoms with Crippen molar-refractivity contribution in [2.24, 2.45) is 0 Å². The van der Waals surface area contributed by atoms with E-state index >= 15 is 0 Å². The zero-order chi connectivity index (χ0) is 6.95. The maximum absolute atomic E-state index is 6.83. The Hall–Kier alpha value is -0.560. The number of hydrogen-bond donors (Lipinski definition) is 0. The molecule has 0 saturated carbocycles. The molecule has 1 heteroatoms. The van der Waals surface area contributed by atoms with Crippen molar-refractivity contribution < 1.29 is 0 Å². The topological polar surface area (TPSA) is 23.8 Å². The molecule has 51 valence electrons. The highest BCUT2D eigenvalue weighted by atomic mass is 14.5. The molecule has 0 aromatic rings. The summed E-state index contributed by atoms with van der Waals surface area (Å²) in [6.07, 6.45) is 9.04. The fourth-order valence-electron chi connectivity index (χ4n) is 0.530. The standard InChI is InChI=1S/C8H14N/c1-2-3-4-5-6-7-8-9/h2,4-5,9H,1,3,6-8H2. The molecule has 0 spiro atoms. The van der Waals surface area contributed by atoms with Crippen LogP contribution in [0.15, 0.2) is 24.8 Å². The molecule has 0 aromatic carbocycles. The lowest BCUT2D eigenvalue weighted by molar-refractivity contribution is 0.836. The van der Waals surface area contributed by atoms with E-state index in [4.69, 9.17) is 5.73 Å². The Labute approximate surface area is 57.3 Å². The molecule has 1 N–H and O–H groups in total. The molecule has 0 aliphatic rings. The lowest BCUT2D eigenvalue weighted by atomic mass is 10.2. The molecule has 1 radical (unpaired) electrons. The van der Waals surface area contributed by atoms with Gasteiger partial charge < -0.3 is 0 Å². The minimum absolute atomic E-state index is 0.540. The first kappa shape index (κ1) is 8.44. The van der Waals surface area contributed by atoms with Gasteiger partial charge >= 0.3 is 0 Å². The number of rotatable bonds is 5. The first-order chi connectivity index (χ1) is 4.41. The monoisotopic (exact) mass is 124 g/mol. The van der Waals surface area contributed by atoms with Gasteiger partial charge in [-0.25, -0.2) is 0 Å². The molecule has 0 aliphatic heterocycles. The Bertz CT molecular complexity index is 84.6. The first-order valence-electron chi connectivity index (χ1n) is 3.32. The maximum Gasteiger partial charge on any atom is 0.0103 e. The van der Waals surface area contributed by atoms with E-state index in [0.717, 1.165) is 19.3 Å². The van der Waals surface area contributed by atoms with Crippen molar-refractivity contribution in [3.05, 3.63) is 24.8 Å². The van der Waals surface area contributed by atoms with Crippen LogP contribution in [0.4, 0.5) is 0 Å². The van der Waals surface area contributed by atoms with Gasteiger partial charge in [0.05, 0.1) is 0 Å². The van der Waals surface area contributed by atoms with Crippen molar-refractivity contribution in [3.8, 4) is 0 Å². The van der Waals surface area contributed by atoms with E-state index in [1.165, 1.54) is 0 Å². The Morgan fingerprint density at radius 1 is 1.33 bits per heavy atom. The summed E-state index contributed by atoms with van der Waals surface area (Å²) in [6, 6.07) is 0. The van der Waals surface area contributed by atoms with Crippen LogP contribution in [-0.4, -0.2) is 6.54 Å². The van der Waals surface area contributed by atoms with Crippen molar-refractivity contribution in [1.82, 2.24) is 5.73 Å². The number of nitrogens with one attached hydrogen (secondary N) is 1. The summed E-state index contributed by atoms with van der Waals surface area (Å²) >= 11 is 0. The summed E-state index contributed by atoms with van der Waals surface area (Å²) in [5.74, 6) is 0. The van der Waals surface area contributed by atoms with Gasteiger partial charge in [0.25, 0.3) is 0 Å². The van der Waals surface area contributed by atoms with Crippen LogP contribution in [0.5, 0.6) is 0 Å². The largest absolute Gasteiger partial charge is 0.258 e. The summed E-state index contributed by atoms with van der Waals surface area (Å²) in [5, 5.41) is 0. The molecule has 9 heavy (non-hydrogen) atoms. The average molecular weight is 124 g/mol. The number of hydrogen-bond acceptors (Lipinski definition) is 0. The second-order valence-electron chi connectivity index (χ2n) is 1.89. The van der Waals surface area contributed by atoms with Gasteiger partial charge in [0.2, 0.25) is 0 Å². The van der Waals surface area contributed by atoms with E-state index in [1.54, 1.807) is 0 Å². The van der Waals surface area contributed by atoms with Crippen molar-refractivity contribution in [2.75, 3.05) is 6.54 Å². The van der Waals surface area contributed by atoms with Gasteiger partial charge in [-0.05, 0) is 19.3 Å². The van der Waals surface area contributed by atoms with Crippen molar-refractivity contribution in [1.29, 1.82) is 0 Å². The molecule has 0 amide bonds. The molecule has 0 heterocycles. The zero-order valence-corrected chi connectivity index (χ0v) is 5.77. The van der Waals surface area contributed by atoms with Crippen LogP contribution in [-0.2, 0) is 0 Å². The smallest absolute Gasteiger partial charge is 0.0103 e. The molecule has 1 nitrogen and oxygen atoms in total. The predicted octanol–water partition coefficient (Wildman–Crippen LogP) is 2.18. The summed E-state index contributed by atoms with van der Waals surface area (Å²) in [5.41, 5.74) is 6.83. The van der Waals surface area contributed by atoms with Crippen molar-refractivity contribution >= 4 is 0 Å². The molecule has 0 aromatic heterocycles. The third-order valence-electron chi connectivity index (χ3n) is 1.02. The lowest BCUT2D eigenvalue weighted by Crippen LogP contribution is -1.80. The van der Waals surface area contributed by atoms with Gasteiger partial charge in [-0.2, -0.15) is 0 Å². The average Bonchev–Trinajstić information content (AvgIpc) is 1.89. The van der Waals surface area contributed by atoms with Crippen LogP contribution >= 0.6 is 0 Å². The van der Waals surface area contributed by atoms with E-state index in [9.17, 15) is 0 Å². The van der Waals surface area contributed by atoms with Crippen LogP contribution in [0.2, 0.25) is 0 Å². The SMILES string of the molecule is C=CCC=CCCC[NH]. The van der Waals surface area contributed by atoms with Crippen LogP contribution in [0.25, 0.3) is 0 Å². The molecule has 0 aliphatic carbocycles. The Morgan fingerprint density at radius 2 is 2.11 bits per heavy atom. The highest BCUT2D eigenvalue weighted by Crippen LogP contribution is 1.90. The third kappa shape index (κ3) is 7.44. The van der Waals surface area contributed by atoms with E-state index < -0.39 is 0 Å². The van der Waals surface area contributed by atoms with E-state index in [1.807, 2.05) is 6.08 Å². The van der Waals surface area contributed by atoms with Gasteiger partial charge in [0.15, 0.2) is 0 Å². The zero-order valence-electron chi connectivity index (χ0n) is 5.77. The third-order valence-corrected chi connectivity index (χ3v) is 1.02. The van der Waals surface area contributed by atoms with Crippen LogP contribution in [0.3, 0.4) is 0 Å². The van der Waals surface area contributed by atoms with E-state index in [-0.39, 0.29) is 0 Å². The normalized spacial score (nSPS) is 10.3. The van der Waals surface area contributed by atoms with Gasteiger partial charge in [0, 0.05) is 6.54 Å². The lowest BCUT2D eigenvalue weighted by Gasteiger charge is -1.85. The van der Waals surface area contributed by atoms with Crippen molar-refractivity contribution in [3.63, 3.8) is 0 Å². The highest BCUT2D eigenvalue weighted by molar-refractivity contribution is 4.87. The van der Waals surface area contributed by atoms with Gasteiger partial charge in [-0.1, -0.05) is 18.2 Å². The molecule has 0 saturated heterocycles. The number of allylic oxidation sites excluding steroid dienone is 3. The fourth-order valence-corrected chi connectivity index (χ4v) is 0.530. The molecule has 0 atom stereocenters. The van der Waals surface area contributed by atoms with E-state index in [2.05, 4.69) is 18.7 Å². The Morgan fingerprint density at radius 3 is 2.67 bits per heavy atom. The maximum atomic E-state index is 6.83. The minimum atomic E-state index is 0.540. The second-order valence-corrected chi connectivity index (χ2v) is 1.89. The Kier molecular flexibility index (Phi) is 6.98. The second kappa shape index (κ2) is 7.44. The van der Waals surface area contributed by atoms with Gasteiger partial charge in [-0.3, -0.25) is 5.73 Å². The van der Waals surface area contributed by atoms with Crippen LogP contribution in [0.1, 0.15) is 19.3 Å². The predicted molar refractivity (Wildman–Crippen MR) is 41.2 cm³/mol. The molecular weight excluding hydrogens is 110 g/mol. The summed E-state index contributed by atoms with van der Waals surface area (Å²) < 4.78 is 0. The molecule has 0 rings (SSSR count). The Balaban J connectivity index is 2.94. The van der Waals surface area contributed by atoms with Crippen LogP contribution in [0, 0.1) is 0 Å². The van der Waals surface area contributed by atoms with Gasteiger partial charge in [-0.15, -0.1) is 6.58 Å². The summed E-state index contributed by atoms with van der Waals surface area (Å²) in [4.78, 5) is 0. The van der Waals surface area contributed by atoms with Gasteiger partial charge in [0.1, 0.15) is 0 Å². The minimum Gasteiger partial charge on any atom is -0.258 e. The highest BCUT2D eigenvalue weighted by Gasteiger charge is 1.75. The molecule has 0 bridgehead atoms. The van der Waals surface area contributed by atoms with E-state index in [0.29, 0.717) is 6.54 Å². The molecule has 0 fully saturated rings. The summed E-state index contributed by atoms with van der Waals surface area (Å²) in [7, 11) is 0. The molecular formula is C8H14N. The quantitative estimate of drug-likeness (QED) is 0.396. The van der Waals surface area contributed by atoms with Crippen LogP contribution < -0.4 is 5.73 Å². The first-order valence-corrected chi connectivity index (χ1v) is 3.32. The number of unbranched alkanes of at least 4 members (excludes halogenated alkanes) is 1.